The Balaban J connectivity index is 1.55. The summed E-state index contributed by atoms with van der Waals surface area (Å²) in [5.74, 6) is 2.38. The molecule has 0 saturated heterocycles. The van der Waals surface area contributed by atoms with Crippen LogP contribution in [0.1, 0.15) is 62.6 Å². The fraction of sp³-hybridized carbons (Fsp3) is 0.344. The van der Waals surface area contributed by atoms with Crippen molar-refractivity contribution >= 4 is 17.2 Å². The number of fused-ring (bicyclic) bond motifs is 1. The number of carbonyl (C=O) groups is 1. The summed E-state index contributed by atoms with van der Waals surface area (Å²) in [7, 11) is 1.65. The minimum Gasteiger partial charge on any atom is -0.493 e. The van der Waals surface area contributed by atoms with Gasteiger partial charge in [0, 0.05) is 23.3 Å². The summed E-state index contributed by atoms with van der Waals surface area (Å²) in [6.45, 7) is 5.32. The van der Waals surface area contributed by atoms with Gasteiger partial charge in [-0.05, 0) is 61.6 Å². The van der Waals surface area contributed by atoms with Gasteiger partial charge in [-0.2, -0.15) is 0 Å². The van der Waals surface area contributed by atoms with Crippen molar-refractivity contribution in [2.75, 3.05) is 31.0 Å². The first kappa shape index (κ1) is 25.7. The highest BCUT2D eigenvalue weighted by Gasteiger charge is 2.37. The number of hydrogen-bond acceptors (Lipinski definition) is 6. The van der Waals surface area contributed by atoms with Crippen molar-refractivity contribution in [3.8, 4) is 17.2 Å². The molecule has 0 amide bonds. The quantitative estimate of drug-likeness (QED) is 0.294. The SMILES string of the molecule is CCCCOc1ccccc1C1Nc2ccccc2NC2=C1C(=O)CC(c1ccc(OCC)c(OC)c1)C2. The molecule has 198 valence electrons. The van der Waals surface area contributed by atoms with Crippen molar-refractivity contribution in [1.82, 2.24) is 0 Å². The first-order valence-corrected chi connectivity index (χ1v) is 13.5. The summed E-state index contributed by atoms with van der Waals surface area (Å²) in [5.41, 5.74) is 5.69. The Bertz CT molecular complexity index is 1330. The summed E-state index contributed by atoms with van der Waals surface area (Å²) in [5, 5.41) is 7.30. The molecule has 0 radical (unpaired) electrons. The molecule has 0 aromatic heterocycles. The largest absolute Gasteiger partial charge is 0.493 e. The highest BCUT2D eigenvalue weighted by atomic mass is 16.5. The average Bonchev–Trinajstić information content (AvgIpc) is 3.11. The number of ketones is 1. The summed E-state index contributed by atoms with van der Waals surface area (Å²) < 4.78 is 17.5. The van der Waals surface area contributed by atoms with E-state index in [1.54, 1.807) is 7.11 Å². The molecule has 3 aromatic rings. The Morgan fingerprint density at radius 3 is 2.45 bits per heavy atom. The third kappa shape index (κ3) is 5.21. The van der Waals surface area contributed by atoms with Crippen molar-refractivity contribution in [2.24, 2.45) is 0 Å². The lowest BCUT2D eigenvalue weighted by molar-refractivity contribution is -0.116. The van der Waals surface area contributed by atoms with Crippen molar-refractivity contribution in [3.05, 3.63) is 89.1 Å². The van der Waals surface area contributed by atoms with Gasteiger partial charge in [0.1, 0.15) is 5.75 Å². The van der Waals surface area contributed by atoms with Crippen molar-refractivity contribution in [2.45, 2.75) is 51.5 Å². The number of methoxy groups -OCH3 is 1. The molecule has 0 saturated carbocycles. The van der Waals surface area contributed by atoms with Gasteiger partial charge in [-0.15, -0.1) is 0 Å². The number of nitrogens with one attached hydrogen (secondary N) is 2. The molecule has 1 aliphatic carbocycles. The zero-order valence-corrected chi connectivity index (χ0v) is 22.4. The number of unbranched alkanes of at least 4 members (excludes halogenated alkanes) is 1. The van der Waals surface area contributed by atoms with Crippen LogP contribution >= 0.6 is 0 Å². The molecule has 2 N–H and O–H groups in total. The molecule has 0 spiro atoms. The van der Waals surface area contributed by atoms with Gasteiger partial charge in [0.25, 0.3) is 0 Å². The van der Waals surface area contributed by atoms with Gasteiger partial charge in [-0.3, -0.25) is 4.79 Å². The maximum absolute atomic E-state index is 14.0. The van der Waals surface area contributed by atoms with E-state index in [0.29, 0.717) is 37.6 Å². The molecule has 2 atom stereocenters. The Labute approximate surface area is 225 Å². The molecule has 2 unspecified atom stereocenters. The normalized spacial score (nSPS) is 18.4. The number of ether oxygens (including phenoxy) is 3. The van der Waals surface area contributed by atoms with E-state index in [-0.39, 0.29) is 17.7 Å². The van der Waals surface area contributed by atoms with Crippen LogP contribution in [0.15, 0.2) is 78.0 Å². The van der Waals surface area contributed by atoms with Crippen LogP contribution < -0.4 is 24.8 Å². The van der Waals surface area contributed by atoms with Crippen LogP contribution in [0.4, 0.5) is 11.4 Å². The lowest BCUT2D eigenvalue weighted by Crippen LogP contribution is -2.27. The minimum atomic E-state index is -0.317. The summed E-state index contributed by atoms with van der Waals surface area (Å²) in [6, 6.07) is 21.9. The molecule has 1 aliphatic heterocycles. The van der Waals surface area contributed by atoms with E-state index in [2.05, 4.69) is 23.6 Å². The zero-order valence-electron chi connectivity index (χ0n) is 22.4. The van der Waals surface area contributed by atoms with Crippen LogP contribution in [-0.4, -0.2) is 26.1 Å². The maximum atomic E-state index is 14.0. The molecule has 5 rings (SSSR count). The lowest BCUT2D eigenvalue weighted by atomic mass is 9.78. The van der Waals surface area contributed by atoms with Crippen LogP contribution in [0.2, 0.25) is 0 Å². The molecular formula is C32H36N2O4. The molecule has 0 bridgehead atoms. The van der Waals surface area contributed by atoms with Gasteiger partial charge >= 0.3 is 0 Å². The highest BCUT2D eigenvalue weighted by molar-refractivity contribution is 6.01. The fourth-order valence-corrected chi connectivity index (χ4v) is 5.35. The van der Waals surface area contributed by atoms with Crippen LogP contribution in [0.5, 0.6) is 17.2 Å². The van der Waals surface area contributed by atoms with Crippen LogP contribution in [-0.2, 0) is 4.79 Å². The number of Topliss-reactive ketones (excluding diaryl/α,β-unsaturated/α-hetero) is 1. The van der Waals surface area contributed by atoms with E-state index in [4.69, 9.17) is 14.2 Å². The number of benzene rings is 3. The molecule has 2 aliphatic rings. The molecule has 1 heterocycles. The number of hydrogen-bond donors (Lipinski definition) is 2. The van der Waals surface area contributed by atoms with E-state index in [9.17, 15) is 4.79 Å². The molecule has 0 fully saturated rings. The van der Waals surface area contributed by atoms with Crippen LogP contribution in [0, 0.1) is 0 Å². The number of para-hydroxylation sites is 3. The fourth-order valence-electron chi connectivity index (χ4n) is 5.35. The van der Waals surface area contributed by atoms with E-state index in [0.717, 1.165) is 52.4 Å². The Hall–Kier alpha value is -3.93. The second-order valence-electron chi connectivity index (χ2n) is 9.75. The number of anilines is 2. The molecule has 3 aromatic carbocycles. The zero-order chi connectivity index (χ0) is 26.5. The highest BCUT2D eigenvalue weighted by Crippen LogP contribution is 2.46. The lowest BCUT2D eigenvalue weighted by Gasteiger charge is -2.30. The van der Waals surface area contributed by atoms with Gasteiger partial charge in [-0.25, -0.2) is 0 Å². The second-order valence-corrected chi connectivity index (χ2v) is 9.75. The van der Waals surface area contributed by atoms with Gasteiger partial charge < -0.3 is 24.8 Å². The predicted octanol–water partition coefficient (Wildman–Crippen LogP) is 7.25. The molecular weight excluding hydrogens is 476 g/mol. The standard InChI is InChI=1S/C32H36N2O4/c1-4-6-17-38-28-14-10-7-11-23(28)32-31-26(33-24-12-8-9-13-25(24)34-32)18-22(19-27(31)35)21-15-16-29(37-5-2)30(20-21)36-3/h7-16,20,22,32-34H,4-6,17-19H2,1-3H3. The minimum absolute atomic E-state index is 0.0280. The van der Waals surface area contributed by atoms with Crippen molar-refractivity contribution < 1.29 is 19.0 Å². The third-order valence-electron chi connectivity index (χ3n) is 7.25. The maximum Gasteiger partial charge on any atom is 0.163 e. The van der Waals surface area contributed by atoms with Crippen molar-refractivity contribution in [1.29, 1.82) is 0 Å². The first-order chi connectivity index (χ1) is 18.6. The monoisotopic (exact) mass is 512 g/mol. The van der Waals surface area contributed by atoms with E-state index in [1.165, 1.54) is 0 Å². The second kappa shape index (κ2) is 11.6. The van der Waals surface area contributed by atoms with Gasteiger partial charge in [0.15, 0.2) is 17.3 Å². The third-order valence-corrected chi connectivity index (χ3v) is 7.25. The number of rotatable bonds is 9. The smallest absolute Gasteiger partial charge is 0.163 e. The molecule has 6 nitrogen and oxygen atoms in total. The summed E-state index contributed by atoms with van der Waals surface area (Å²) in [6.07, 6.45) is 3.18. The van der Waals surface area contributed by atoms with Gasteiger partial charge in [0.05, 0.1) is 37.7 Å². The van der Waals surface area contributed by atoms with E-state index in [1.807, 2.05) is 67.6 Å². The first-order valence-electron chi connectivity index (χ1n) is 13.5. The van der Waals surface area contributed by atoms with Crippen LogP contribution in [0.3, 0.4) is 0 Å². The van der Waals surface area contributed by atoms with Gasteiger partial charge in [0.2, 0.25) is 0 Å². The Morgan fingerprint density at radius 2 is 1.66 bits per heavy atom. The van der Waals surface area contributed by atoms with Crippen molar-refractivity contribution in [3.63, 3.8) is 0 Å². The average molecular weight is 513 g/mol. The number of allylic oxidation sites excluding steroid dienone is 1. The molecule has 38 heavy (non-hydrogen) atoms. The number of carbonyl (C=O) groups excluding carboxylic acids is 1. The predicted molar refractivity (Wildman–Crippen MR) is 151 cm³/mol. The Kier molecular flexibility index (Phi) is 7.87. The van der Waals surface area contributed by atoms with E-state index >= 15 is 0 Å². The van der Waals surface area contributed by atoms with Gasteiger partial charge in [-0.1, -0.05) is 49.7 Å². The summed E-state index contributed by atoms with van der Waals surface area (Å²) in [4.78, 5) is 14.0. The van der Waals surface area contributed by atoms with E-state index < -0.39 is 0 Å². The topological polar surface area (TPSA) is 68.8 Å². The van der Waals surface area contributed by atoms with Crippen LogP contribution in [0.25, 0.3) is 0 Å². The molecule has 6 heteroatoms. The summed E-state index contributed by atoms with van der Waals surface area (Å²) >= 11 is 0. The Morgan fingerprint density at radius 1 is 0.868 bits per heavy atom.